The number of benzene rings is 2. The molecule has 2 rings (SSSR count). The molecule has 0 radical (unpaired) electrons. The Morgan fingerprint density at radius 1 is 0.760 bits per heavy atom. The fourth-order valence-electron chi connectivity index (χ4n) is 2.21. The zero-order valence-corrected chi connectivity index (χ0v) is 13.5. The van der Waals surface area contributed by atoms with Crippen molar-refractivity contribution in [1.82, 2.24) is 0 Å². The zero-order chi connectivity index (χ0) is 18.4. The molecule has 0 heterocycles. The van der Waals surface area contributed by atoms with Crippen LogP contribution in [0.2, 0.25) is 0 Å². The molecule has 2 atom stereocenters. The van der Waals surface area contributed by atoms with Gasteiger partial charge in [-0.3, -0.25) is 9.59 Å². The van der Waals surface area contributed by atoms with Crippen LogP contribution in [0.25, 0.3) is 0 Å². The molecule has 0 aliphatic rings. The lowest BCUT2D eigenvalue weighted by Crippen LogP contribution is -2.32. The first-order valence-electron chi connectivity index (χ1n) is 7.67. The van der Waals surface area contributed by atoms with E-state index in [1.807, 2.05) is 0 Å². The van der Waals surface area contributed by atoms with Crippen molar-refractivity contribution in [3.8, 4) is 11.5 Å². The summed E-state index contributed by atoms with van der Waals surface area (Å²) in [5.41, 5.74) is 12.6. The van der Waals surface area contributed by atoms with Gasteiger partial charge in [0.25, 0.3) is 0 Å². The molecule has 2 aromatic rings. The quantitative estimate of drug-likeness (QED) is 0.568. The Hall–Kier alpha value is -2.90. The number of ether oxygens (including phenoxy) is 1. The lowest BCUT2D eigenvalue weighted by Gasteiger charge is -2.10. The molecule has 0 amide bonds. The third-order valence-corrected chi connectivity index (χ3v) is 3.63. The smallest absolute Gasteiger partial charge is 0.320 e. The number of carboxylic acid groups (broad SMARTS) is 2. The van der Waals surface area contributed by atoms with Crippen LogP contribution in [0.3, 0.4) is 0 Å². The first-order chi connectivity index (χ1) is 11.8. The average molecular weight is 344 g/mol. The molecule has 7 heteroatoms. The largest absolute Gasteiger partial charge is 0.480 e. The Kier molecular flexibility index (Phi) is 6.10. The molecule has 6 N–H and O–H groups in total. The number of carboxylic acids is 2. The topological polar surface area (TPSA) is 136 Å². The van der Waals surface area contributed by atoms with Crippen LogP contribution in [0.5, 0.6) is 11.5 Å². The van der Waals surface area contributed by atoms with E-state index in [0.29, 0.717) is 11.5 Å². The summed E-state index contributed by atoms with van der Waals surface area (Å²) in [6.07, 6.45) is 0.488. The Bertz CT molecular complexity index is 665. The third kappa shape index (κ3) is 5.59. The van der Waals surface area contributed by atoms with E-state index in [0.717, 1.165) is 11.1 Å². The first kappa shape index (κ1) is 18.4. The maximum atomic E-state index is 10.8. The van der Waals surface area contributed by atoms with E-state index in [4.69, 9.17) is 26.4 Å². The summed E-state index contributed by atoms with van der Waals surface area (Å²) in [5, 5.41) is 17.6. The van der Waals surface area contributed by atoms with Crippen molar-refractivity contribution >= 4 is 11.9 Å². The highest BCUT2D eigenvalue weighted by molar-refractivity contribution is 5.73. The Labute approximate surface area is 144 Å². The summed E-state index contributed by atoms with van der Waals surface area (Å²) >= 11 is 0. The van der Waals surface area contributed by atoms with Gasteiger partial charge in [0.05, 0.1) is 0 Å². The van der Waals surface area contributed by atoms with Crippen LogP contribution in [-0.2, 0) is 22.4 Å². The van der Waals surface area contributed by atoms with Crippen LogP contribution in [0.4, 0.5) is 0 Å². The van der Waals surface area contributed by atoms with Gasteiger partial charge in [-0.25, -0.2) is 0 Å². The van der Waals surface area contributed by atoms with Gasteiger partial charge < -0.3 is 26.4 Å². The maximum absolute atomic E-state index is 10.8. The van der Waals surface area contributed by atoms with Gasteiger partial charge in [0.2, 0.25) is 0 Å². The number of hydrogen-bond acceptors (Lipinski definition) is 5. The molecule has 0 aliphatic carbocycles. The van der Waals surface area contributed by atoms with Crippen LogP contribution >= 0.6 is 0 Å². The van der Waals surface area contributed by atoms with E-state index in [2.05, 4.69) is 0 Å². The molecule has 0 aliphatic heterocycles. The van der Waals surface area contributed by atoms with Crippen LogP contribution in [-0.4, -0.2) is 34.2 Å². The van der Waals surface area contributed by atoms with E-state index in [-0.39, 0.29) is 12.8 Å². The van der Waals surface area contributed by atoms with Crippen molar-refractivity contribution in [1.29, 1.82) is 0 Å². The molecule has 0 saturated carbocycles. The van der Waals surface area contributed by atoms with E-state index >= 15 is 0 Å². The van der Waals surface area contributed by atoms with E-state index in [9.17, 15) is 9.59 Å². The highest BCUT2D eigenvalue weighted by Gasteiger charge is 2.13. The van der Waals surface area contributed by atoms with E-state index in [1.165, 1.54) is 0 Å². The average Bonchev–Trinajstić information content (AvgIpc) is 2.58. The highest BCUT2D eigenvalue weighted by atomic mass is 16.5. The van der Waals surface area contributed by atoms with Crippen LogP contribution in [0.15, 0.2) is 48.5 Å². The summed E-state index contributed by atoms with van der Waals surface area (Å²) in [4.78, 5) is 21.5. The van der Waals surface area contributed by atoms with Gasteiger partial charge >= 0.3 is 11.9 Å². The van der Waals surface area contributed by atoms with Crippen molar-refractivity contribution in [3.05, 3.63) is 59.7 Å². The SMILES string of the molecule is NC(Cc1ccc(Oc2ccc(CC(N)C(=O)O)cc2)cc1)C(=O)O. The van der Waals surface area contributed by atoms with Crippen molar-refractivity contribution in [2.24, 2.45) is 11.5 Å². The van der Waals surface area contributed by atoms with Crippen molar-refractivity contribution in [2.75, 3.05) is 0 Å². The van der Waals surface area contributed by atoms with Crippen LogP contribution in [0.1, 0.15) is 11.1 Å². The minimum atomic E-state index is -1.04. The highest BCUT2D eigenvalue weighted by Crippen LogP contribution is 2.22. The molecule has 0 fully saturated rings. The molecule has 0 saturated heterocycles. The second-order valence-corrected chi connectivity index (χ2v) is 5.69. The minimum Gasteiger partial charge on any atom is -0.480 e. The first-order valence-corrected chi connectivity index (χ1v) is 7.67. The van der Waals surface area contributed by atoms with E-state index < -0.39 is 24.0 Å². The lowest BCUT2D eigenvalue weighted by molar-refractivity contribution is -0.139. The summed E-state index contributed by atoms with van der Waals surface area (Å²) in [6, 6.07) is 12.1. The Morgan fingerprint density at radius 2 is 1.08 bits per heavy atom. The fourth-order valence-corrected chi connectivity index (χ4v) is 2.21. The minimum absolute atomic E-state index is 0.244. The van der Waals surface area contributed by atoms with Crippen LogP contribution in [0, 0.1) is 0 Å². The predicted octanol–water partition coefficient (Wildman–Crippen LogP) is 1.39. The zero-order valence-electron chi connectivity index (χ0n) is 13.5. The Morgan fingerprint density at radius 3 is 1.36 bits per heavy atom. The second-order valence-electron chi connectivity index (χ2n) is 5.69. The van der Waals surface area contributed by atoms with Gasteiger partial charge in [-0.2, -0.15) is 0 Å². The van der Waals surface area contributed by atoms with Gasteiger partial charge in [0, 0.05) is 0 Å². The van der Waals surface area contributed by atoms with Crippen LogP contribution < -0.4 is 16.2 Å². The molecule has 2 aromatic carbocycles. The summed E-state index contributed by atoms with van der Waals surface area (Å²) < 4.78 is 5.70. The summed E-state index contributed by atoms with van der Waals surface area (Å²) in [5.74, 6) is -0.878. The number of hydrogen-bond donors (Lipinski definition) is 4. The van der Waals surface area contributed by atoms with Gasteiger partial charge in [-0.15, -0.1) is 0 Å². The van der Waals surface area contributed by atoms with Crippen molar-refractivity contribution in [2.45, 2.75) is 24.9 Å². The van der Waals surface area contributed by atoms with Gasteiger partial charge in [-0.05, 0) is 48.2 Å². The Balaban J connectivity index is 1.95. The van der Waals surface area contributed by atoms with E-state index in [1.54, 1.807) is 48.5 Å². The molecular formula is C18H20N2O5. The number of aliphatic carboxylic acids is 2. The lowest BCUT2D eigenvalue weighted by atomic mass is 10.1. The maximum Gasteiger partial charge on any atom is 0.320 e. The molecule has 0 spiro atoms. The normalized spacial score (nSPS) is 13.0. The predicted molar refractivity (Wildman–Crippen MR) is 91.6 cm³/mol. The standard InChI is InChI=1S/C18H20N2O5/c19-15(17(21)22)9-11-1-5-13(6-2-11)25-14-7-3-12(4-8-14)10-16(20)18(23)24/h1-8,15-16H,9-10,19-20H2,(H,21,22)(H,23,24). The molecule has 132 valence electrons. The monoisotopic (exact) mass is 344 g/mol. The van der Waals surface area contributed by atoms with Gasteiger partial charge in [0.1, 0.15) is 23.6 Å². The molecule has 7 nitrogen and oxygen atoms in total. The third-order valence-electron chi connectivity index (χ3n) is 3.63. The fraction of sp³-hybridized carbons (Fsp3) is 0.222. The van der Waals surface area contributed by atoms with Gasteiger partial charge in [-0.1, -0.05) is 24.3 Å². The second kappa shape index (κ2) is 8.27. The number of rotatable bonds is 8. The molecule has 25 heavy (non-hydrogen) atoms. The summed E-state index contributed by atoms with van der Waals surface area (Å²) in [6.45, 7) is 0. The molecule has 0 aromatic heterocycles. The summed E-state index contributed by atoms with van der Waals surface area (Å²) in [7, 11) is 0. The molecule has 2 unspecified atom stereocenters. The number of nitrogens with two attached hydrogens (primary N) is 2. The van der Waals surface area contributed by atoms with Gasteiger partial charge in [0.15, 0.2) is 0 Å². The number of carbonyl (C=O) groups is 2. The van der Waals surface area contributed by atoms with Crippen molar-refractivity contribution < 1.29 is 24.5 Å². The van der Waals surface area contributed by atoms with Crippen molar-refractivity contribution in [3.63, 3.8) is 0 Å². The molecule has 0 bridgehead atoms. The molecular weight excluding hydrogens is 324 g/mol.